The number of hydrazone groups is 2. The summed E-state index contributed by atoms with van der Waals surface area (Å²) in [7, 11) is 0. The number of hydrogen-bond donors (Lipinski definition) is 1. The zero-order valence-electron chi connectivity index (χ0n) is 10.4. The number of benzene rings is 1. The van der Waals surface area contributed by atoms with Crippen LogP contribution in [0.2, 0.25) is 5.02 Å². The summed E-state index contributed by atoms with van der Waals surface area (Å²) in [6.45, 7) is 2.34. The average Bonchev–Trinajstić information content (AvgIpc) is 2.35. The third-order valence-electron chi connectivity index (χ3n) is 2.10. The lowest BCUT2D eigenvalue weighted by atomic mass is 10.2. The monoisotopic (exact) mass is 283 g/mol. The molecule has 19 heavy (non-hydrogen) atoms. The summed E-state index contributed by atoms with van der Waals surface area (Å²) < 4.78 is 0. The molecule has 0 amide bonds. The van der Waals surface area contributed by atoms with Crippen molar-refractivity contribution in [1.29, 1.82) is 0 Å². The van der Waals surface area contributed by atoms with Gasteiger partial charge in [0.1, 0.15) is 5.10 Å². The lowest BCUT2D eigenvalue weighted by Gasteiger charge is -2.14. The highest BCUT2D eigenvalue weighted by Gasteiger charge is 2.08. The van der Waals surface area contributed by atoms with E-state index in [2.05, 4.69) is 10.2 Å². The molecule has 2 N–H and O–H groups in total. The third-order valence-corrected chi connectivity index (χ3v) is 2.35. The van der Waals surface area contributed by atoms with Gasteiger partial charge in [-0.1, -0.05) is 30.7 Å². The van der Waals surface area contributed by atoms with E-state index >= 15 is 0 Å². The van der Waals surface area contributed by atoms with Crippen LogP contribution in [-0.4, -0.2) is 28.8 Å². The number of hydrogen-bond acceptors (Lipinski definition) is 3. The van der Waals surface area contributed by atoms with Crippen molar-refractivity contribution in [2.24, 2.45) is 15.9 Å². The van der Waals surface area contributed by atoms with E-state index in [1.54, 1.807) is 24.3 Å². The Hall–Kier alpha value is -2.15. The maximum Gasteiger partial charge on any atom is 0.289 e. The van der Waals surface area contributed by atoms with Crippen molar-refractivity contribution in [2.75, 3.05) is 6.54 Å². The summed E-state index contributed by atoms with van der Waals surface area (Å²) in [6, 6.07) is 7.00. The van der Waals surface area contributed by atoms with Crippen LogP contribution in [0, 0.1) is 10.1 Å². The maximum absolute atomic E-state index is 10.3. The van der Waals surface area contributed by atoms with E-state index in [1.807, 2.05) is 6.92 Å². The predicted molar refractivity (Wildman–Crippen MR) is 74.7 cm³/mol. The lowest BCUT2D eigenvalue weighted by Crippen LogP contribution is -2.34. The number of nitro groups is 1. The van der Waals surface area contributed by atoms with Crippen LogP contribution in [0.4, 0.5) is 0 Å². The van der Waals surface area contributed by atoms with E-state index in [4.69, 9.17) is 17.3 Å². The van der Waals surface area contributed by atoms with Gasteiger partial charge in [-0.3, -0.25) is 0 Å². The SMILES string of the molecule is CCCN(/N=C/c1ccc(Cl)cc1)/C(N)=N/[N+](=O)[O-]. The molecule has 1 aromatic carbocycles. The minimum atomic E-state index is -0.851. The van der Waals surface area contributed by atoms with Gasteiger partial charge in [0.2, 0.25) is 0 Å². The van der Waals surface area contributed by atoms with Gasteiger partial charge < -0.3 is 5.73 Å². The fourth-order valence-electron chi connectivity index (χ4n) is 1.26. The first-order valence-corrected chi connectivity index (χ1v) is 5.96. The summed E-state index contributed by atoms with van der Waals surface area (Å²) in [5.41, 5.74) is 6.30. The van der Waals surface area contributed by atoms with Crippen molar-refractivity contribution < 1.29 is 5.03 Å². The second-order valence-electron chi connectivity index (χ2n) is 3.62. The molecule has 0 aliphatic rings. The predicted octanol–water partition coefficient (Wildman–Crippen LogP) is 1.89. The number of nitrogens with zero attached hydrogens (tertiary/aromatic N) is 4. The Morgan fingerprint density at radius 2 is 2.16 bits per heavy atom. The second kappa shape index (κ2) is 7.32. The second-order valence-corrected chi connectivity index (χ2v) is 4.05. The van der Waals surface area contributed by atoms with Crippen molar-refractivity contribution in [1.82, 2.24) is 5.01 Å². The minimum Gasteiger partial charge on any atom is -0.363 e. The van der Waals surface area contributed by atoms with Crippen LogP contribution in [0.1, 0.15) is 18.9 Å². The molecule has 0 bridgehead atoms. The molecule has 0 radical (unpaired) electrons. The topological polar surface area (TPSA) is 97.1 Å². The van der Waals surface area contributed by atoms with Gasteiger partial charge in [-0.05, 0) is 24.1 Å². The highest BCUT2D eigenvalue weighted by molar-refractivity contribution is 6.30. The van der Waals surface area contributed by atoms with Crippen LogP contribution in [0.15, 0.2) is 34.5 Å². The van der Waals surface area contributed by atoms with Gasteiger partial charge in [0.15, 0.2) is 5.03 Å². The van der Waals surface area contributed by atoms with E-state index in [0.717, 1.165) is 12.0 Å². The number of guanidine groups is 1. The molecule has 0 aromatic heterocycles. The molecule has 102 valence electrons. The highest BCUT2D eigenvalue weighted by atomic mass is 35.5. The zero-order chi connectivity index (χ0) is 14.3. The third kappa shape index (κ3) is 5.35. The molecule has 0 fully saturated rings. The largest absolute Gasteiger partial charge is 0.363 e. The molecular formula is C11H14ClN5O2. The van der Waals surface area contributed by atoms with Crippen molar-refractivity contribution in [3.8, 4) is 0 Å². The van der Waals surface area contributed by atoms with Crippen LogP contribution in [0.3, 0.4) is 0 Å². The molecule has 0 unspecified atom stereocenters. The van der Waals surface area contributed by atoms with Crippen LogP contribution < -0.4 is 5.73 Å². The van der Waals surface area contributed by atoms with Crippen molar-refractivity contribution in [3.05, 3.63) is 45.0 Å². The standard InChI is InChI=1S/C11H14ClN5O2/c1-2-7-16(11(13)15-17(18)19)14-8-9-3-5-10(12)6-4-9/h3-6,8H,2,7H2,1H3,(H2,13,15)/b14-8+. The molecule has 0 heterocycles. The normalized spacial score (nSPS) is 11.8. The quantitative estimate of drug-likeness (QED) is 0.386. The van der Waals surface area contributed by atoms with E-state index in [1.165, 1.54) is 11.2 Å². The van der Waals surface area contributed by atoms with Crippen LogP contribution >= 0.6 is 11.6 Å². The molecule has 0 aliphatic heterocycles. The molecule has 7 nitrogen and oxygen atoms in total. The number of nitrogens with two attached hydrogens (primary N) is 1. The Labute approximate surface area is 115 Å². The van der Waals surface area contributed by atoms with Crippen LogP contribution in [0.5, 0.6) is 0 Å². The first kappa shape index (κ1) is 14.9. The Bertz CT molecular complexity index is 486. The summed E-state index contributed by atoms with van der Waals surface area (Å²) in [6.07, 6.45) is 2.26. The van der Waals surface area contributed by atoms with Crippen LogP contribution in [-0.2, 0) is 0 Å². The molecule has 1 rings (SSSR count). The van der Waals surface area contributed by atoms with E-state index in [0.29, 0.717) is 11.6 Å². The van der Waals surface area contributed by atoms with Crippen molar-refractivity contribution in [3.63, 3.8) is 0 Å². The summed E-state index contributed by atoms with van der Waals surface area (Å²) in [5, 5.41) is 18.4. The Morgan fingerprint density at radius 3 is 2.68 bits per heavy atom. The fourth-order valence-corrected chi connectivity index (χ4v) is 1.39. The van der Waals surface area contributed by atoms with Gasteiger partial charge in [-0.2, -0.15) is 5.10 Å². The fraction of sp³-hybridized carbons (Fsp3) is 0.273. The summed E-state index contributed by atoms with van der Waals surface area (Å²) in [5.74, 6) is -0.253. The number of rotatable bonds is 5. The van der Waals surface area contributed by atoms with Gasteiger partial charge in [0.25, 0.3) is 5.96 Å². The maximum atomic E-state index is 10.3. The first-order valence-electron chi connectivity index (χ1n) is 5.58. The molecule has 1 aromatic rings. The molecule has 0 spiro atoms. The van der Waals surface area contributed by atoms with Crippen LogP contribution in [0.25, 0.3) is 0 Å². The van der Waals surface area contributed by atoms with E-state index in [9.17, 15) is 10.1 Å². The van der Waals surface area contributed by atoms with Gasteiger partial charge in [0.05, 0.1) is 6.21 Å². The molecule has 0 atom stereocenters. The molecule has 0 saturated carbocycles. The average molecular weight is 284 g/mol. The first-order chi connectivity index (χ1) is 9.02. The van der Waals surface area contributed by atoms with Gasteiger partial charge in [-0.25, -0.2) is 15.1 Å². The molecule has 0 saturated heterocycles. The van der Waals surface area contributed by atoms with Gasteiger partial charge in [-0.15, -0.1) is 0 Å². The summed E-state index contributed by atoms with van der Waals surface area (Å²) >= 11 is 5.76. The number of halogens is 1. The van der Waals surface area contributed by atoms with Crippen molar-refractivity contribution >= 4 is 23.8 Å². The summed E-state index contributed by atoms with van der Waals surface area (Å²) in [4.78, 5) is 10.3. The Morgan fingerprint density at radius 1 is 1.53 bits per heavy atom. The van der Waals surface area contributed by atoms with Crippen molar-refractivity contribution in [2.45, 2.75) is 13.3 Å². The molecular weight excluding hydrogens is 270 g/mol. The molecule has 8 heteroatoms. The minimum absolute atomic E-state index is 0.253. The van der Waals surface area contributed by atoms with Gasteiger partial charge >= 0.3 is 0 Å². The van der Waals surface area contributed by atoms with E-state index in [-0.39, 0.29) is 5.96 Å². The Balaban J connectivity index is 2.83. The zero-order valence-corrected chi connectivity index (χ0v) is 11.1. The molecule has 0 aliphatic carbocycles. The smallest absolute Gasteiger partial charge is 0.289 e. The Kier molecular flexibility index (Phi) is 5.74. The lowest BCUT2D eigenvalue weighted by molar-refractivity contribution is -0.485. The van der Waals surface area contributed by atoms with E-state index < -0.39 is 5.03 Å². The highest BCUT2D eigenvalue weighted by Crippen LogP contribution is 2.08. The van der Waals surface area contributed by atoms with Gasteiger partial charge in [0, 0.05) is 11.6 Å².